The number of carbonyl (C=O) groups is 1. The lowest BCUT2D eigenvalue weighted by atomic mass is 10.1. The summed E-state index contributed by atoms with van der Waals surface area (Å²) >= 11 is 1.70. The smallest absolute Gasteiger partial charge is 0.222 e. The molecule has 0 bridgehead atoms. The highest BCUT2D eigenvalue weighted by Gasteiger charge is 2.21. The Kier molecular flexibility index (Phi) is 12.4. The van der Waals surface area contributed by atoms with E-state index in [9.17, 15) is 4.79 Å². The number of unbranched alkanes of at least 4 members (excludes halogenated alkanes) is 3. The molecule has 0 saturated carbocycles. The Bertz CT molecular complexity index is 706. The van der Waals surface area contributed by atoms with Crippen LogP contribution >= 0.6 is 36.2 Å². The van der Waals surface area contributed by atoms with Gasteiger partial charge >= 0.3 is 0 Å². The van der Waals surface area contributed by atoms with Gasteiger partial charge in [0.1, 0.15) is 5.01 Å². The molecule has 1 fully saturated rings. The average molecular weight is 459 g/mol. The first-order valence-electron chi connectivity index (χ1n) is 9.96. The lowest BCUT2D eigenvalue weighted by molar-refractivity contribution is -0.133. The summed E-state index contributed by atoms with van der Waals surface area (Å²) in [5.74, 6) is 0.308. The van der Waals surface area contributed by atoms with Crippen molar-refractivity contribution in [1.29, 1.82) is 0 Å². The number of benzene rings is 1. The minimum Gasteiger partial charge on any atom is -0.340 e. The van der Waals surface area contributed by atoms with Gasteiger partial charge in [0.25, 0.3) is 0 Å². The van der Waals surface area contributed by atoms with Crippen LogP contribution < -0.4 is 5.73 Å². The van der Waals surface area contributed by atoms with Gasteiger partial charge in [-0.15, -0.1) is 36.2 Å². The monoisotopic (exact) mass is 458 g/mol. The van der Waals surface area contributed by atoms with Gasteiger partial charge in [-0.25, -0.2) is 4.98 Å². The number of rotatable bonds is 9. The summed E-state index contributed by atoms with van der Waals surface area (Å²) in [6, 6.07) is 10.3. The zero-order valence-electron chi connectivity index (χ0n) is 16.8. The number of piperazine rings is 1. The molecule has 1 aliphatic rings. The number of amides is 1. The van der Waals surface area contributed by atoms with Crippen molar-refractivity contribution in [3.63, 3.8) is 0 Å². The molecule has 2 N–H and O–H groups in total. The van der Waals surface area contributed by atoms with Crippen LogP contribution in [-0.2, 0) is 11.3 Å². The Labute approximate surface area is 190 Å². The summed E-state index contributed by atoms with van der Waals surface area (Å²) in [6.07, 6.45) is 4.97. The van der Waals surface area contributed by atoms with E-state index in [4.69, 9.17) is 10.7 Å². The molecular formula is C21H32Cl2N4OS. The quantitative estimate of drug-likeness (QED) is 0.571. The fourth-order valence-electron chi connectivity index (χ4n) is 3.41. The number of carbonyl (C=O) groups excluding carboxylic acids is 1. The van der Waals surface area contributed by atoms with E-state index in [2.05, 4.69) is 22.4 Å². The Hall–Kier alpha value is -1.18. The van der Waals surface area contributed by atoms with Gasteiger partial charge in [0.05, 0.1) is 5.69 Å². The molecule has 2 heterocycles. The predicted octanol–water partition coefficient (Wildman–Crippen LogP) is 4.21. The predicted molar refractivity (Wildman–Crippen MR) is 126 cm³/mol. The third-order valence-electron chi connectivity index (χ3n) is 5.03. The summed E-state index contributed by atoms with van der Waals surface area (Å²) in [4.78, 5) is 21.5. The van der Waals surface area contributed by atoms with Crippen LogP contribution in [0.3, 0.4) is 0 Å². The van der Waals surface area contributed by atoms with Crippen LogP contribution in [0.15, 0.2) is 35.7 Å². The third kappa shape index (κ3) is 8.22. The number of aromatic nitrogens is 1. The van der Waals surface area contributed by atoms with Crippen molar-refractivity contribution >= 4 is 42.1 Å². The minimum atomic E-state index is 0. The molecule has 162 valence electrons. The van der Waals surface area contributed by atoms with E-state index in [-0.39, 0.29) is 24.8 Å². The zero-order chi connectivity index (χ0) is 18.9. The maximum atomic E-state index is 12.3. The van der Waals surface area contributed by atoms with E-state index in [0.29, 0.717) is 12.3 Å². The Morgan fingerprint density at radius 1 is 1.00 bits per heavy atom. The van der Waals surface area contributed by atoms with Crippen LogP contribution in [-0.4, -0.2) is 53.4 Å². The molecule has 0 aliphatic carbocycles. The first-order valence-corrected chi connectivity index (χ1v) is 10.8. The normalized spacial score (nSPS) is 14.2. The van der Waals surface area contributed by atoms with Crippen molar-refractivity contribution in [2.45, 2.75) is 38.6 Å². The average Bonchev–Trinajstić information content (AvgIpc) is 3.17. The third-order valence-corrected chi connectivity index (χ3v) is 5.97. The standard InChI is InChI=1S/C21H30N4OS.2ClH/c22-11-7-2-1-6-10-20(26)25-14-12-24(13-15-25)16-19-17-27-21(23-19)18-8-4-3-5-9-18;;/h3-5,8-9,17H,1-2,6-7,10-16,22H2;2*1H. The molecule has 8 heteroatoms. The highest BCUT2D eigenvalue weighted by Crippen LogP contribution is 2.24. The van der Waals surface area contributed by atoms with Gasteiger partial charge in [0.15, 0.2) is 0 Å². The Balaban J connectivity index is 0.00000210. The molecule has 0 spiro atoms. The first-order chi connectivity index (χ1) is 13.3. The minimum absolute atomic E-state index is 0. The molecule has 1 saturated heterocycles. The van der Waals surface area contributed by atoms with Gasteiger partial charge in [0.2, 0.25) is 5.91 Å². The van der Waals surface area contributed by atoms with E-state index in [1.807, 2.05) is 23.1 Å². The lowest BCUT2D eigenvalue weighted by Gasteiger charge is -2.34. The number of thiazole rings is 1. The zero-order valence-corrected chi connectivity index (χ0v) is 19.2. The van der Waals surface area contributed by atoms with E-state index in [1.165, 1.54) is 5.56 Å². The van der Waals surface area contributed by atoms with Gasteiger partial charge in [0, 0.05) is 50.1 Å². The van der Waals surface area contributed by atoms with Gasteiger partial charge < -0.3 is 10.6 Å². The molecule has 3 rings (SSSR count). The second kappa shape index (κ2) is 13.9. The van der Waals surface area contributed by atoms with Crippen molar-refractivity contribution < 1.29 is 4.79 Å². The molecule has 1 aliphatic heterocycles. The molecule has 2 aromatic rings. The van der Waals surface area contributed by atoms with E-state index in [1.54, 1.807) is 11.3 Å². The summed E-state index contributed by atoms with van der Waals surface area (Å²) in [5.41, 5.74) is 7.80. The highest BCUT2D eigenvalue weighted by molar-refractivity contribution is 7.13. The maximum Gasteiger partial charge on any atom is 0.222 e. The Morgan fingerprint density at radius 3 is 2.38 bits per heavy atom. The summed E-state index contributed by atoms with van der Waals surface area (Å²) in [7, 11) is 0. The van der Waals surface area contributed by atoms with Crippen molar-refractivity contribution in [3.8, 4) is 10.6 Å². The van der Waals surface area contributed by atoms with Gasteiger partial charge in [-0.1, -0.05) is 43.2 Å². The number of halogens is 2. The van der Waals surface area contributed by atoms with E-state index >= 15 is 0 Å². The highest BCUT2D eigenvalue weighted by atomic mass is 35.5. The number of hydrogen-bond acceptors (Lipinski definition) is 5. The molecule has 1 amide bonds. The second-order valence-corrected chi connectivity index (χ2v) is 7.98. The molecule has 1 aromatic heterocycles. The summed E-state index contributed by atoms with van der Waals surface area (Å²) < 4.78 is 0. The number of nitrogens with two attached hydrogens (primary N) is 1. The van der Waals surface area contributed by atoms with Crippen LogP contribution in [0.2, 0.25) is 0 Å². The molecule has 0 atom stereocenters. The molecular weight excluding hydrogens is 427 g/mol. The van der Waals surface area contributed by atoms with Crippen LogP contribution in [0.5, 0.6) is 0 Å². The molecule has 0 unspecified atom stereocenters. The molecule has 0 radical (unpaired) electrons. The van der Waals surface area contributed by atoms with Crippen LogP contribution in [0.4, 0.5) is 0 Å². The van der Waals surface area contributed by atoms with Gasteiger partial charge in [-0.2, -0.15) is 0 Å². The fraction of sp³-hybridized carbons (Fsp3) is 0.524. The molecule has 29 heavy (non-hydrogen) atoms. The molecule has 1 aromatic carbocycles. The Morgan fingerprint density at radius 2 is 1.69 bits per heavy atom. The van der Waals surface area contributed by atoms with Gasteiger partial charge in [-0.05, 0) is 19.4 Å². The largest absolute Gasteiger partial charge is 0.340 e. The number of nitrogens with zero attached hydrogens (tertiary/aromatic N) is 3. The van der Waals surface area contributed by atoms with E-state index < -0.39 is 0 Å². The van der Waals surface area contributed by atoms with Crippen LogP contribution in [0, 0.1) is 0 Å². The summed E-state index contributed by atoms with van der Waals surface area (Å²) in [6.45, 7) is 5.13. The fourth-order valence-corrected chi connectivity index (χ4v) is 4.23. The second-order valence-electron chi connectivity index (χ2n) is 7.12. The summed E-state index contributed by atoms with van der Waals surface area (Å²) in [5, 5.41) is 3.23. The maximum absolute atomic E-state index is 12.3. The van der Waals surface area contributed by atoms with Crippen molar-refractivity contribution in [1.82, 2.24) is 14.8 Å². The van der Waals surface area contributed by atoms with Crippen LogP contribution in [0.25, 0.3) is 10.6 Å². The van der Waals surface area contributed by atoms with Crippen molar-refractivity contribution in [3.05, 3.63) is 41.4 Å². The van der Waals surface area contributed by atoms with Gasteiger partial charge in [-0.3, -0.25) is 9.69 Å². The SMILES string of the molecule is Cl.Cl.NCCCCCCC(=O)N1CCN(Cc2csc(-c3ccccc3)n2)CC1. The van der Waals surface area contributed by atoms with Crippen molar-refractivity contribution in [2.24, 2.45) is 5.73 Å². The first kappa shape index (κ1) is 25.9. The van der Waals surface area contributed by atoms with Crippen LogP contribution in [0.1, 0.15) is 37.8 Å². The number of hydrogen-bond donors (Lipinski definition) is 1. The lowest BCUT2D eigenvalue weighted by Crippen LogP contribution is -2.48. The molecule has 5 nitrogen and oxygen atoms in total. The van der Waals surface area contributed by atoms with Crippen molar-refractivity contribution in [2.75, 3.05) is 32.7 Å². The van der Waals surface area contributed by atoms with E-state index in [0.717, 1.165) is 75.7 Å². The topological polar surface area (TPSA) is 62.5 Å².